The maximum absolute atomic E-state index is 13.6. The topological polar surface area (TPSA) is 103 Å². The number of morpholine rings is 1. The standard InChI is InChI=1S/C26H45BN4O6S/c1-10-25(8,19(4)32)36-18(3)21(33)26(9,11-2)37-20(16-31(27)24(5,6)7)17-35-23-22(28-38-29-23)30-12-14-34-15-13-30/h18,20H,10-17H2,1-9H3/t18-,20-,25?,26?/m0/s1. The van der Waals surface area contributed by atoms with Gasteiger partial charge in [-0.3, -0.25) is 9.59 Å². The smallest absolute Gasteiger partial charge is 0.270 e. The Morgan fingerprint density at radius 1 is 1.08 bits per heavy atom. The molecule has 0 spiro atoms. The van der Waals surface area contributed by atoms with Crippen molar-refractivity contribution < 1.29 is 28.5 Å². The van der Waals surface area contributed by atoms with Crippen LogP contribution in [0.5, 0.6) is 5.88 Å². The highest BCUT2D eigenvalue weighted by Crippen LogP contribution is 2.29. The number of nitrogens with zero attached hydrogens (tertiary/aromatic N) is 4. The van der Waals surface area contributed by atoms with Gasteiger partial charge in [-0.15, -0.1) is 4.37 Å². The third-order valence-corrected chi connectivity index (χ3v) is 7.77. The predicted octanol–water partition coefficient (Wildman–Crippen LogP) is 3.22. The van der Waals surface area contributed by atoms with Crippen LogP contribution in [0, 0.1) is 0 Å². The number of hydrogen-bond acceptors (Lipinski definition) is 11. The van der Waals surface area contributed by atoms with E-state index < -0.39 is 23.4 Å². The molecule has 0 amide bonds. The van der Waals surface area contributed by atoms with E-state index in [-0.39, 0.29) is 23.7 Å². The van der Waals surface area contributed by atoms with Crippen LogP contribution in [0.1, 0.15) is 75.2 Å². The van der Waals surface area contributed by atoms with Crippen LogP contribution in [0.2, 0.25) is 0 Å². The molecule has 0 N–H and O–H groups in total. The Kier molecular flexibility index (Phi) is 11.7. The largest absolute Gasteiger partial charge is 0.472 e. The molecule has 1 aromatic heterocycles. The summed E-state index contributed by atoms with van der Waals surface area (Å²) >= 11 is 1.08. The molecule has 1 aliphatic heterocycles. The van der Waals surface area contributed by atoms with E-state index in [1.54, 1.807) is 25.6 Å². The van der Waals surface area contributed by atoms with Crippen molar-refractivity contribution in [3.8, 4) is 5.88 Å². The van der Waals surface area contributed by atoms with E-state index in [2.05, 4.69) is 13.6 Å². The molecule has 2 rings (SSSR count). The molecule has 0 saturated carbocycles. The van der Waals surface area contributed by atoms with E-state index in [1.165, 1.54) is 6.92 Å². The van der Waals surface area contributed by atoms with Crippen LogP contribution in [-0.2, 0) is 23.8 Å². The highest BCUT2D eigenvalue weighted by atomic mass is 32.1. The molecule has 2 unspecified atom stereocenters. The Bertz CT molecular complexity index is 922. The van der Waals surface area contributed by atoms with Crippen LogP contribution in [0.25, 0.3) is 0 Å². The molecule has 0 aromatic carbocycles. The van der Waals surface area contributed by atoms with E-state index in [0.717, 1.165) is 11.7 Å². The van der Waals surface area contributed by atoms with Crippen molar-refractivity contribution in [3.05, 3.63) is 0 Å². The SMILES string of the molecule is [B]N(C[C@@H](COc1nsnc1N1CCOCC1)OC(C)(CC)C(=O)[C@H](C)OC(C)(CC)C(C)=O)C(C)(C)C. The van der Waals surface area contributed by atoms with Gasteiger partial charge >= 0.3 is 0 Å². The first-order valence-electron chi connectivity index (χ1n) is 13.4. The maximum atomic E-state index is 13.6. The van der Waals surface area contributed by atoms with E-state index in [1.807, 2.05) is 34.6 Å². The van der Waals surface area contributed by atoms with Crippen LogP contribution in [0.15, 0.2) is 0 Å². The zero-order valence-electron chi connectivity index (χ0n) is 24.5. The summed E-state index contributed by atoms with van der Waals surface area (Å²) in [6, 6.07) is 0. The minimum absolute atomic E-state index is 0.116. The van der Waals surface area contributed by atoms with Crippen molar-refractivity contribution >= 4 is 37.1 Å². The van der Waals surface area contributed by atoms with Crippen molar-refractivity contribution in [3.63, 3.8) is 0 Å². The molecule has 0 aliphatic carbocycles. The second-order valence-corrected chi connectivity index (χ2v) is 11.7. The lowest BCUT2D eigenvalue weighted by Gasteiger charge is -2.40. The molecule has 10 nitrogen and oxygen atoms in total. The van der Waals surface area contributed by atoms with Crippen molar-refractivity contribution in [1.82, 2.24) is 13.6 Å². The molecular weight excluding hydrogens is 507 g/mol. The number of carbonyl (C=O) groups is 2. The summed E-state index contributed by atoms with van der Waals surface area (Å²) in [5, 5.41) is 0. The van der Waals surface area contributed by atoms with Gasteiger partial charge in [-0.2, -0.15) is 4.37 Å². The van der Waals surface area contributed by atoms with Gasteiger partial charge in [0.05, 0.1) is 24.9 Å². The molecule has 1 aromatic rings. The molecule has 1 aliphatic rings. The van der Waals surface area contributed by atoms with Gasteiger partial charge in [0.1, 0.15) is 30.0 Å². The van der Waals surface area contributed by atoms with Gasteiger partial charge in [-0.05, 0) is 61.3 Å². The Labute approximate surface area is 233 Å². The van der Waals surface area contributed by atoms with Gasteiger partial charge in [0.2, 0.25) is 5.82 Å². The Morgan fingerprint density at radius 2 is 1.68 bits per heavy atom. The minimum Gasteiger partial charge on any atom is -0.472 e. The first-order valence-corrected chi connectivity index (χ1v) is 14.1. The number of Topliss-reactive ketones (excluding diaryl/α,β-unsaturated/α-hetero) is 2. The summed E-state index contributed by atoms with van der Waals surface area (Å²) in [5.41, 5.74) is -2.57. The first kappa shape index (κ1) is 32.6. The van der Waals surface area contributed by atoms with E-state index >= 15 is 0 Å². The monoisotopic (exact) mass is 552 g/mol. The summed E-state index contributed by atoms with van der Waals surface area (Å²) in [4.78, 5) is 29.6. The number of hydrogen-bond donors (Lipinski definition) is 0. The molecule has 0 bridgehead atoms. The van der Waals surface area contributed by atoms with E-state index in [9.17, 15) is 9.59 Å². The molecule has 12 heteroatoms. The Hall–Kier alpha value is -1.60. The lowest BCUT2D eigenvalue weighted by atomic mass is 9.92. The van der Waals surface area contributed by atoms with Crippen LogP contribution in [0.3, 0.4) is 0 Å². The second-order valence-electron chi connectivity index (χ2n) is 11.2. The molecule has 4 atom stereocenters. The van der Waals surface area contributed by atoms with Gasteiger partial charge in [-0.25, -0.2) is 0 Å². The summed E-state index contributed by atoms with van der Waals surface area (Å²) < 4.78 is 32.8. The summed E-state index contributed by atoms with van der Waals surface area (Å²) in [6.45, 7) is 19.4. The molecule has 1 fully saturated rings. The first-order chi connectivity index (χ1) is 17.7. The van der Waals surface area contributed by atoms with Crippen molar-refractivity contribution in [2.24, 2.45) is 0 Å². The summed E-state index contributed by atoms with van der Waals surface area (Å²) in [5.74, 6) is 0.736. The molecule has 38 heavy (non-hydrogen) atoms. The van der Waals surface area contributed by atoms with Gasteiger partial charge in [0.25, 0.3) is 5.88 Å². The zero-order chi connectivity index (χ0) is 28.7. The maximum Gasteiger partial charge on any atom is 0.270 e. The number of anilines is 1. The van der Waals surface area contributed by atoms with E-state index in [0.29, 0.717) is 57.4 Å². The lowest BCUT2D eigenvalue weighted by molar-refractivity contribution is -0.176. The molecule has 2 radical (unpaired) electrons. The van der Waals surface area contributed by atoms with Crippen LogP contribution in [-0.4, -0.2) is 102 Å². The third kappa shape index (κ3) is 8.45. The molecule has 1 saturated heterocycles. The fourth-order valence-corrected chi connectivity index (χ4v) is 4.52. The van der Waals surface area contributed by atoms with Crippen LogP contribution in [0.4, 0.5) is 5.82 Å². The average Bonchev–Trinajstić information content (AvgIpc) is 3.35. The van der Waals surface area contributed by atoms with Crippen LogP contribution >= 0.6 is 11.7 Å². The number of rotatable bonds is 15. The van der Waals surface area contributed by atoms with Crippen molar-refractivity contribution in [1.29, 1.82) is 0 Å². The number of aromatic nitrogens is 2. The van der Waals surface area contributed by atoms with E-state index in [4.69, 9.17) is 26.9 Å². The molecule has 2 heterocycles. The number of carbonyl (C=O) groups excluding carboxylic acids is 2. The van der Waals surface area contributed by atoms with Gasteiger partial charge in [0.15, 0.2) is 19.5 Å². The minimum atomic E-state index is -1.19. The van der Waals surface area contributed by atoms with Gasteiger partial charge in [0, 0.05) is 25.2 Å². The molecule has 214 valence electrons. The quantitative estimate of drug-likeness (QED) is 0.301. The van der Waals surface area contributed by atoms with Crippen molar-refractivity contribution in [2.75, 3.05) is 44.4 Å². The highest BCUT2D eigenvalue weighted by molar-refractivity contribution is 6.99. The summed E-state index contributed by atoms with van der Waals surface area (Å²) in [7, 11) is 6.38. The second kappa shape index (κ2) is 13.7. The third-order valence-electron chi connectivity index (χ3n) is 7.27. The number of ketones is 2. The zero-order valence-corrected chi connectivity index (χ0v) is 25.4. The normalized spacial score (nSPS) is 19.5. The van der Waals surface area contributed by atoms with Gasteiger partial charge in [-0.1, -0.05) is 13.8 Å². The average molecular weight is 553 g/mol. The van der Waals surface area contributed by atoms with Gasteiger partial charge < -0.3 is 28.7 Å². The fraction of sp³-hybridized carbons (Fsp3) is 0.846. The van der Waals surface area contributed by atoms with Crippen LogP contribution < -0.4 is 9.64 Å². The Balaban J connectivity index is 2.22. The lowest BCUT2D eigenvalue weighted by Crippen LogP contribution is -2.53. The molecular formula is C26H45BN4O6S. The fourth-order valence-electron chi connectivity index (χ4n) is 4.00. The number of ether oxygens (including phenoxy) is 4. The summed E-state index contributed by atoms with van der Waals surface area (Å²) in [6.07, 6.45) is -0.551. The highest BCUT2D eigenvalue weighted by Gasteiger charge is 2.42. The van der Waals surface area contributed by atoms with Crippen molar-refractivity contribution in [2.45, 2.75) is 104 Å². The predicted molar refractivity (Wildman–Crippen MR) is 149 cm³/mol. The Morgan fingerprint density at radius 3 is 2.21 bits per heavy atom.